The van der Waals surface area contributed by atoms with Crippen LogP contribution in [0.15, 0.2) is 94.5 Å². The van der Waals surface area contributed by atoms with Crippen LogP contribution < -0.4 is 4.74 Å². The van der Waals surface area contributed by atoms with Gasteiger partial charge < -0.3 is 23.4 Å². The molecule has 1 fully saturated rings. The van der Waals surface area contributed by atoms with Gasteiger partial charge in [-0.15, -0.1) is 0 Å². The Bertz CT molecular complexity index is 1430. The molecule has 3 aromatic carbocycles. The summed E-state index contributed by atoms with van der Waals surface area (Å²) in [6.07, 6.45) is 7.82. The molecule has 35 heavy (non-hydrogen) atoms. The molecular weight excluding hydrogens is 442 g/mol. The van der Waals surface area contributed by atoms with Crippen LogP contribution in [0.3, 0.4) is 0 Å². The number of fused-ring (bicyclic) bond motifs is 1. The summed E-state index contributed by atoms with van der Waals surface area (Å²) in [5.41, 5.74) is 3.97. The van der Waals surface area contributed by atoms with Crippen LogP contribution in [-0.4, -0.2) is 23.3 Å². The minimum atomic E-state index is -0.836. The van der Waals surface area contributed by atoms with Gasteiger partial charge in [-0.25, -0.2) is 4.98 Å². The smallest absolute Gasteiger partial charge is 0.225 e. The Morgan fingerprint density at radius 3 is 2.66 bits per heavy atom. The highest BCUT2D eigenvalue weighted by atomic mass is 16.5. The van der Waals surface area contributed by atoms with E-state index in [2.05, 4.69) is 17.1 Å². The van der Waals surface area contributed by atoms with E-state index in [1.165, 1.54) is 0 Å². The van der Waals surface area contributed by atoms with Crippen molar-refractivity contribution >= 4 is 10.8 Å². The molecule has 0 amide bonds. The van der Waals surface area contributed by atoms with E-state index >= 15 is 0 Å². The molecule has 6 heteroatoms. The molecule has 0 radical (unpaired) electrons. The molecule has 2 aromatic heterocycles. The lowest BCUT2D eigenvalue weighted by atomic mass is 9.86. The Morgan fingerprint density at radius 1 is 0.943 bits per heavy atom. The summed E-state index contributed by atoms with van der Waals surface area (Å²) in [6, 6.07) is 20.1. The van der Waals surface area contributed by atoms with E-state index in [4.69, 9.17) is 18.3 Å². The predicted octanol–water partition coefficient (Wildman–Crippen LogP) is 6.33. The van der Waals surface area contributed by atoms with E-state index in [0.717, 1.165) is 44.3 Å². The van der Waals surface area contributed by atoms with Gasteiger partial charge in [0.1, 0.15) is 18.6 Å². The van der Waals surface area contributed by atoms with Crippen molar-refractivity contribution in [2.24, 2.45) is 0 Å². The molecule has 1 saturated heterocycles. The summed E-state index contributed by atoms with van der Waals surface area (Å²) in [5.74, 6) is 1.34. The Labute approximate surface area is 202 Å². The van der Waals surface area contributed by atoms with E-state index in [1.54, 1.807) is 25.0 Å². The average molecular weight is 468 g/mol. The molecule has 176 valence electrons. The van der Waals surface area contributed by atoms with Crippen LogP contribution in [0.5, 0.6) is 5.75 Å². The first kappa shape index (κ1) is 21.6. The molecule has 0 unspecified atom stereocenters. The second kappa shape index (κ2) is 9.06. The van der Waals surface area contributed by atoms with Crippen molar-refractivity contribution in [3.63, 3.8) is 0 Å². The van der Waals surface area contributed by atoms with Gasteiger partial charge in [0, 0.05) is 37.2 Å². The molecule has 0 aliphatic carbocycles. The van der Waals surface area contributed by atoms with E-state index in [1.807, 2.05) is 48.5 Å². The summed E-state index contributed by atoms with van der Waals surface area (Å²) in [5, 5.41) is 13.1. The van der Waals surface area contributed by atoms with Crippen molar-refractivity contribution in [2.45, 2.75) is 25.0 Å². The van der Waals surface area contributed by atoms with Crippen molar-refractivity contribution in [1.82, 2.24) is 4.98 Å². The Kier molecular flexibility index (Phi) is 5.60. The average Bonchev–Trinajstić information content (AvgIpc) is 3.63. The first-order valence-corrected chi connectivity index (χ1v) is 11.7. The van der Waals surface area contributed by atoms with Gasteiger partial charge in [0.2, 0.25) is 5.89 Å². The van der Waals surface area contributed by atoms with E-state index in [0.29, 0.717) is 38.6 Å². The molecular formula is C29H25NO5. The molecule has 1 N–H and O–H groups in total. The van der Waals surface area contributed by atoms with E-state index in [9.17, 15) is 5.11 Å². The fourth-order valence-corrected chi connectivity index (χ4v) is 4.69. The number of hydrogen-bond acceptors (Lipinski definition) is 6. The van der Waals surface area contributed by atoms with Gasteiger partial charge in [-0.1, -0.05) is 24.3 Å². The van der Waals surface area contributed by atoms with Crippen LogP contribution in [0.4, 0.5) is 0 Å². The van der Waals surface area contributed by atoms with Crippen LogP contribution in [0.1, 0.15) is 24.0 Å². The third kappa shape index (κ3) is 4.34. The van der Waals surface area contributed by atoms with Crippen LogP contribution in [0.25, 0.3) is 33.4 Å². The lowest BCUT2D eigenvalue weighted by molar-refractivity contribution is -0.0679. The Hall–Kier alpha value is -3.87. The fraction of sp³-hybridized carbons (Fsp3) is 0.207. The largest absolute Gasteiger partial charge is 0.489 e. The lowest BCUT2D eigenvalue weighted by Gasteiger charge is -2.32. The van der Waals surface area contributed by atoms with Gasteiger partial charge in [-0.3, -0.25) is 0 Å². The van der Waals surface area contributed by atoms with Crippen molar-refractivity contribution in [3.8, 4) is 28.3 Å². The van der Waals surface area contributed by atoms with E-state index in [-0.39, 0.29) is 0 Å². The van der Waals surface area contributed by atoms with Gasteiger partial charge >= 0.3 is 0 Å². The second-order valence-electron chi connectivity index (χ2n) is 8.89. The van der Waals surface area contributed by atoms with Crippen molar-refractivity contribution < 1.29 is 23.4 Å². The number of oxazole rings is 1. The molecule has 0 spiro atoms. The molecule has 0 saturated carbocycles. The number of ether oxygens (including phenoxy) is 2. The highest BCUT2D eigenvalue weighted by Gasteiger charge is 2.31. The Morgan fingerprint density at radius 2 is 1.86 bits per heavy atom. The number of nitrogens with zero attached hydrogens (tertiary/aromatic N) is 1. The molecule has 0 atom stereocenters. The van der Waals surface area contributed by atoms with Crippen molar-refractivity contribution in [2.75, 3.05) is 13.2 Å². The lowest BCUT2D eigenvalue weighted by Crippen LogP contribution is -2.33. The molecule has 1 aliphatic heterocycles. The van der Waals surface area contributed by atoms with Crippen molar-refractivity contribution in [3.05, 3.63) is 96.8 Å². The normalized spacial score (nSPS) is 15.3. The van der Waals surface area contributed by atoms with Crippen LogP contribution >= 0.6 is 0 Å². The first-order valence-electron chi connectivity index (χ1n) is 11.7. The molecule has 6 nitrogen and oxygen atoms in total. The highest BCUT2D eigenvalue weighted by Crippen LogP contribution is 2.36. The van der Waals surface area contributed by atoms with Gasteiger partial charge in [0.25, 0.3) is 0 Å². The maximum absolute atomic E-state index is 11.0. The standard InChI is InChI=1S/C29H25NO5/c31-29(7-11-32-12-8-29)24-3-1-2-20(14-24)18-35-25-5-4-21-15-23(28-30-9-13-34-28)16-26(27(21)17-25)22-6-10-33-19-22/h1-6,9-10,13-17,19,31H,7-8,11-12,18H2. The van der Waals surface area contributed by atoms with Crippen molar-refractivity contribution in [1.29, 1.82) is 0 Å². The van der Waals surface area contributed by atoms with E-state index < -0.39 is 5.60 Å². The summed E-state index contributed by atoms with van der Waals surface area (Å²) < 4.78 is 22.5. The minimum Gasteiger partial charge on any atom is -0.489 e. The van der Waals surface area contributed by atoms with Gasteiger partial charge in [0.05, 0.1) is 24.3 Å². The summed E-state index contributed by atoms with van der Waals surface area (Å²) >= 11 is 0. The monoisotopic (exact) mass is 467 g/mol. The zero-order valence-electron chi connectivity index (χ0n) is 19.1. The zero-order chi connectivity index (χ0) is 23.7. The predicted molar refractivity (Wildman–Crippen MR) is 132 cm³/mol. The van der Waals surface area contributed by atoms with Gasteiger partial charge in [-0.05, 0) is 63.9 Å². The highest BCUT2D eigenvalue weighted by molar-refractivity contribution is 6.00. The summed E-state index contributed by atoms with van der Waals surface area (Å²) in [6.45, 7) is 1.55. The topological polar surface area (TPSA) is 77.9 Å². The quantitative estimate of drug-likeness (QED) is 0.314. The maximum Gasteiger partial charge on any atom is 0.225 e. The number of aliphatic hydroxyl groups is 1. The molecule has 1 aliphatic rings. The first-order chi connectivity index (χ1) is 17.2. The minimum absolute atomic E-state index is 0.404. The van der Waals surface area contributed by atoms with Crippen LogP contribution in [-0.2, 0) is 16.9 Å². The number of aromatic nitrogens is 1. The van der Waals surface area contributed by atoms with Crippen LogP contribution in [0, 0.1) is 0 Å². The van der Waals surface area contributed by atoms with Gasteiger partial charge in [0.15, 0.2) is 0 Å². The molecule has 0 bridgehead atoms. The number of rotatable bonds is 6. The molecule has 3 heterocycles. The second-order valence-corrected chi connectivity index (χ2v) is 8.89. The SMILES string of the molecule is OC1(c2cccc(COc3ccc4cc(-c5ncco5)cc(-c5ccoc5)c4c3)c2)CCOCC1. The molecule has 5 aromatic rings. The third-order valence-electron chi connectivity index (χ3n) is 6.63. The zero-order valence-corrected chi connectivity index (χ0v) is 19.1. The maximum atomic E-state index is 11.0. The number of furan rings is 1. The van der Waals surface area contributed by atoms with Gasteiger partial charge in [-0.2, -0.15) is 0 Å². The summed E-state index contributed by atoms with van der Waals surface area (Å²) in [7, 11) is 0. The third-order valence-corrected chi connectivity index (χ3v) is 6.63. The Balaban J connectivity index is 1.30. The van der Waals surface area contributed by atoms with Crippen LogP contribution in [0.2, 0.25) is 0 Å². The summed E-state index contributed by atoms with van der Waals surface area (Å²) in [4.78, 5) is 4.30. The number of benzene rings is 3. The fourth-order valence-electron chi connectivity index (χ4n) is 4.69. The molecule has 6 rings (SSSR count). The number of hydrogen-bond donors (Lipinski definition) is 1.